The highest BCUT2D eigenvalue weighted by molar-refractivity contribution is 7.98. The maximum Gasteiger partial charge on any atom is 0.264 e. The molecule has 1 aliphatic carbocycles. The van der Waals surface area contributed by atoms with E-state index in [1.165, 1.54) is 28.8 Å². The van der Waals surface area contributed by atoms with Crippen molar-refractivity contribution in [3.05, 3.63) is 82.3 Å². The van der Waals surface area contributed by atoms with Crippen LogP contribution in [0.3, 0.4) is 0 Å². The molecule has 0 saturated heterocycles. The first kappa shape index (κ1) is 34.9. The van der Waals surface area contributed by atoms with Crippen LogP contribution >= 0.6 is 35.0 Å². The van der Waals surface area contributed by atoms with Crippen LogP contribution in [0.1, 0.15) is 51.5 Å². The van der Waals surface area contributed by atoms with Gasteiger partial charge in [-0.2, -0.15) is 0 Å². The number of hydrogen-bond donors (Lipinski definition) is 1. The molecule has 3 aromatic carbocycles. The van der Waals surface area contributed by atoms with Crippen LogP contribution in [0.4, 0.5) is 5.69 Å². The SMILES string of the molecule is CCOc1ccc(N(CC(=O)N(Cc2ccc(Cl)cc2Cl)[C@H](CC)C(=O)NC2CCCC2)S(=O)(=O)c2ccc(SC)cc2)cc1. The summed E-state index contributed by atoms with van der Waals surface area (Å²) >= 11 is 14.1. The highest BCUT2D eigenvalue weighted by atomic mass is 35.5. The van der Waals surface area contributed by atoms with Crippen LogP contribution in [-0.2, 0) is 26.2 Å². The normalized spacial score (nSPS) is 14.2. The van der Waals surface area contributed by atoms with Crippen LogP contribution in [0.15, 0.2) is 76.5 Å². The molecule has 0 bridgehead atoms. The molecule has 4 rings (SSSR count). The van der Waals surface area contributed by atoms with Gasteiger partial charge in [-0.15, -0.1) is 11.8 Å². The van der Waals surface area contributed by atoms with Crippen LogP contribution in [0.5, 0.6) is 5.75 Å². The Hall–Kier alpha value is -2.92. The van der Waals surface area contributed by atoms with Crippen molar-refractivity contribution in [2.24, 2.45) is 0 Å². The minimum Gasteiger partial charge on any atom is -0.494 e. The number of amides is 2. The predicted molar refractivity (Wildman–Crippen MR) is 182 cm³/mol. The number of carbonyl (C=O) groups is 2. The molecule has 0 aliphatic heterocycles. The third-order valence-corrected chi connectivity index (χ3v) is 10.9. The van der Waals surface area contributed by atoms with E-state index in [4.69, 9.17) is 27.9 Å². The molecule has 1 saturated carbocycles. The summed E-state index contributed by atoms with van der Waals surface area (Å²) in [6.45, 7) is 3.59. The third kappa shape index (κ3) is 8.87. The van der Waals surface area contributed by atoms with E-state index in [0.29, 0.717) is 34.4 Å². The van der Waals surface area contributed by atoms with Crippen molar-refractivity contribution in [1.29, 1.82) is 0 Å². The summed E-state index contributed by atoms with van der Waals surface area (Å²) in [6.07, 6.45) is 6.08. The van der Waals surface area contributed by atoms with Crippen molar-refractivity contribution >= 4 is 62.5 Å². The maximum atomic E-state index is 14.3. The van der Waals surface area contributed by atoms with Gasteiger partial charge in [-0.05, 0) is 98.7 Å². The minimum absolute atomic E-state index is 0.00891. The van der Waals surface area contributed by atoms with Crippen molar-refractivity contribution in [3.63, 3.8) is 0 Å². The van der Waals surface area contributed by atoms with Gasteiger partial charge in [0.2, 0.25) is 11.8 Å². The fourth-order valence-corrected chi connectivity index (χ4v) is 7.69. The van der Waals surface area contributed by atoms with Gasteiger partial charge < -0.3 is 15.0 Å². The Morgan fingerprint density at radius 1 is 1.00 bits per heavy atom. The molecular weight excluding hydrogens is 653 g/mol. The lowest BCUT2D eigenvalue weighted by Crippen LogP contribution is -2.53. The van der Waals surface area contributed by atoms with Gasteiger partial charge in [-0.25, -0.2) is 8.42 Å². The number of ether oxygens (including phenoxy) is 1. The molecule has 0 aromatic heterocycles. The van der Waals surface area contributed by atoms with E-state index in [-0.39, 0.29) is 29.1 Å². The largest absolute Gasteiger partial charge is 0.494 e. The molecule has 0 radical (unpaired) electrons. The number of carbonyl (C=O) groups excluding carboxylic acids is 2. The van der Waals surface area contributed by atoms with Crippen molar-refractivity contribution < 1.29 is 22.7 Å². The third-order valence-electron chi connectivity index (χ3n) is 7.81. The summed E-state index contributed by atoms with van der Waals surface area (Å²) in [7, 11) is -4.20. The van der Waals surface area contributed by atoms with Gasteiger partial charge in [0, 0.05) is 27.5 Å². The van der Waals surface area contributed by atoms with E-state index in [1.54, 1.807) is 54.6 Å². The molecule has 1 fully saturated rings. The summed E-state index contributed by atoms with van der Waals surface area (Å²) < 4.78 is 35.0. The van der Waals surface area contributed by atoms with Crippen LogP contribution < -0.4 is 14.4 Å². The predicted octanol–water partition coefficient (Wildman–Crippen LogP) is 7.18. The number of rotatable bonds is 14. The van der Waals surface area contributed by atoms with E-state index < -0.39 is 28.5 Å². The molecule has 242 valence electrons. The smallest absolute Gasteiger partial charge is 0.264 e. The molecule has 2 amide bonds. The Labute approximate surface area is 280 Å². The van der Waals surface area contributed by atoms with Crippen LogP contribution in [-0.4, -0.2) is 56.6 Å². The zero-order valence-electron chi connectivity index (χ0n) is 25.7. The fraction of sp³-hybridized carbons (Fsp3) is 0.394. The zero-order valence-corrected chi connectivity index (χ0v) is 28.8. The van der Waals surface area contributed by atoms with Crippen molar-refractivity contribution in [2.75, 3.05) is 23.7 Å². The second-order valence-electron chi connectivity index (χ2n) is 10.8. The van der Waals surface area contributed by atoms with Crippen molar-refractivity contribution in [1.82, 2.24) is 10.2 Å². The molecule has 1 atom stereocenters. The molecule has 0 spiro atoms. The molecule has 12 heteroatoms. The number of anilines is 1. The summed E-state index contributed by atoms with van der Waals surface area (Å²) in [5.74, 6) is -0.249. The van der Waals surface area contributed by atoms with E-state index in [2.05, 4.69) is 5.32 Å². The van der Waals surface area contributed by atoms with E-state index >= 15 is 0 Å². The lowest BCUT2D eigenvalue weighted by Gasteiger charge is -2.34. The summed E-state index contributed by atoms with van der Waals surface area (Å²) in [6, 6.07) is 17.2. The van der Waals surface area contributed by atoms with Gasteiger partial charge in [0.1, 0.15) is 18.3 Å². The Balaban J connectivity index is 1.73. The van der Waals surface area contributed by atoms with Gasteiger partial charge in [0.25, 0.3) is 10.0 Å². The Morgan fingerprint density at radius 3 is 2.24 bits per heavy atom. The Morgan fingerprint density at radius 2 is 1.67 bits per heavy atom. The van der Waals surface area contributed by atoms with Gasteiger partial charge >= 0.3 is 0 Å². The monoisotopic (exact) mass is 691 g/mol. The van der Waals surface area contributed by atoms with Crippen molar-refractivity contribution in [2.45, 2.75) is 74.4 Å². The minimum atomic E-state index is -4.20. The summed E-state index contributed by atoms with van der Waals surface area (Å²) in [5.41, 5.74) is 0.873. The van der Waals surface area contributed by atoms with E-state index in [9.17, 15) is 18.0 Å². The average Bonchev–Trinajstić information content (AvgIpc) is 3.54. The molecular formula is C33H39Cl2N3O5S2. The summed E-state index contributed by atoms with van der Waals surface area (Å²) in [4.78, 5) is 30.3. The zero-order chi connectivity index (χ0) is 32.6. The Bertz CT molecular complexity index is 1560. The first-order valence-corrected chi connectivity index (χ1v) is 18.4. The molecule has 8 nitrogen and oxygen atoms in total. The molecule has 3 aromatic rings. The molecule has 45 heavy (non-hydrogen) atoms. The van der Waals surface area contributed by atoms with Gasteiger partial charge in [-0.3, -0.25) is 13.9 Å². The van der Waals surface area contributed by atoms with Gasteiger partial charge in [0.15, 0.2) is 0 Å². The number of thioether (sulfide) groups is 1. The number of hydrogen-bond acceptors (Lipinski definition) is 6. The number of nitrogens with zero attached hydrogens (tertiary/aromatic N) is 2. The number of nitrogens with one attached hydrogen (secondary N) is 1. The van der Waals surface area contributed by atoms with E-state index in [0.717, 1.165) is 34.9 Å². The Kier molecular flexibility index (Phi) is 12.5. The second-order valence-corrected chi connectivity index (χ2v) is 14.4. The van der Waals surface area contributed by atoms with E-state index in [1.807, 2.05) is 20.1 Å². The lowest BCUT2D eigenvalue weighted by atomic mass is 10.1. The average molecular weight is 693 g/mol. The first-order chi connectivity index (χ1) is 21.6. The molecule has 1 N–H and O–H groups in total. The van der Waals surface area contributed by atoms with Crippen LogP contribution in [0, 0.1) is 0 Å². The second kappa shape index (κ2) is 16.1. The van der Waals surface area contributed by atoms with Crippen LogP contribution in [0.25, 0.3) is 0 Å². The standard InChI is InChI=1S/C33H39Cl2N3O5S2/c1-4-31(33(40)36-25-8-6-7-9-25)37(21-23-10-11-24(34)20-30(23)35)32(39)22-38(26-12-14-27(15-13-26)43-5-2)45(41,42)29-18-16-28(44-3)17-19-29/h10-20,25,31H,4-9,21-22H2,1-3H3,(H,36,40)/t31-/m1/s1. The van der Waals surface area contributed by atoms with Gasteiger partial charge in [0.05, 0.1) is 17.2 Å². The maximum absolute atomic E-state index is 14.3. The highest BCUT2D eigenvalue weighted by Gasteiger charge is 2.35. The number of halogens is 2. The molecule has 1 aliphatic rings. The topological polar surface area (TPSA) is 96.0 Å². The first-order valence-electron chi connectivity index (χ1n) is 15.0. The quantitative estimate of drug-likeness (QED) is 0.180. The number of benzene rings is 3. The highest BCUT2D eigenvalue weighted by Crippen LogP contribution is 2.29. The van der Waals surface area contributed by atoms with Gasteiger partial charge in [-0.1, -0.05) is 49.0 Å². The lowest BCUT2D eigenvalue weighted by molar-refractivity contribution is -0.140. The van der Waals surface area contributed by atoms with Crippen molar-refractivity contribution in [3.8, 4) is 5.75 Å². The molecule has 0 heterocycles. The number of sulfonamides is 1. The summed E-state index contributed by atoms with van der Waals surface area (Å²) in [5, 5.41) is 3.89. The molecule has 0 unspecified atom stereocenters. The fourth-order valence-electron chi connectivity index (χ4n) is 5.40. The van der Waals surface area contributed by atoms with Crippen LogP contribution in [0.2, 0.25) is 10.0 Å².